The summed E-state index contributed by atoms with van der Waals surface area (Å²) in [6.07, 6.45) is 1.71. The number of benzene rings is 1. The first kappa shape index (κ1) is 17.6. The van der Waals surface area contributed by atoms with Crippen LogP contribution in [0.3, 0.4) is 0 Å². The average molecular weight is 381 g/mol. The van der Waals surface area contributed by atoms with Crippen LogP contribution in [-0.4, -0.2) is 41.8 Å². The number of hydrogen-bond donors (Lipinski definition) is 2. The molecule has 0 saturated carbocycles. The zero-order chi connectivity index (χ0) is 18.0. The Morgan fingerprint density at radius 3 is 2.76 bits per heavy atom. The smallest absolute Gasteiger partial charge is 0.270 e. The fourth-order valence-corrected chi connectivity index (χ4v) is 4.52. The first-order valence-corrected chi connectivity index (χ1v) is 9.89. The van der Waals surface area contributed by atoms with Crippen molar-refractivity contribution in [1.82, 2.24) is 15.3 Å². The van der Waals surface area contributed by atoms with E-state index < -0.39 is 15.7 Å². The van der Waals surface area contributed by atoms with Crippen LogP contribution in [-0.2, 0) is 9.84 Å². The number of sulfone groups is 1. The summed E-state index contributed by atoms with van der Waals surface area (Å²) in [5, 5.41) is 6.46. The largest absolute Gasteiger partial charge is 0.347 e. The first-order chi connectivity index (χ1) is 11.8. The number of halogens is 1. The summed E-state index contributed by atoms with van der Waals surface area (Å²) in [4.78, 5) is 20.4. The van der Waals surface area contributed by atoms with Crippen molar-refractivity contribution in [3.63, 3.8) is 0 Å². The van der Waals surface area contributed by atoms with Crippen LogP contribution in [0.2, 0.25) is 5.02 Å². The van der Waals surface area contributed by atoms with Crippen molar-refractivity contribution >= 4 is 38.9 Å². The van der Waals surface area contributed by atoms with Gasteiger partial charge in [0.15, 0.2) is 9.84 Å². The lowest BCUT2D eigenvalue weighted by Crippen LogP contribution is -2.36. The van der Waals surface area contributed by atoms with Gasteiger partial charge >= 0.3 is 0 Å². The van der Waals surface area contributed by atoms with Crippen LogP contribution in [0, 0.1) is 6.92 Å². The molecule has 0 aliphatic carbocycles. The molecule has 2 heterocycles. The highest BCUT2D eigenvalue weighted by Gasteiger charge is 2.29. The van der Waals surface area contributed by atoms with Gasteiger partial charge in [-0.05, 0) is 37.1 Å². The molecule has 1 unspecified atom stereocenters. The second-order valence-electron chi connectivity index (χ2n) is 5.95. The molecule has 0 radical (unpaired) electrons. The topological polar surface area (TPSA) is 101 Å². The standard InChI is InChI=1S/C16H17ClN4O3S/c1-10-6-11(17)2-3-13(10)21-15-7-14(18-9-19-15)16(22)20-12-4-5-25(23,24)8-12/h2-3,6-7,9,12H,4-5,8H2,1H3,(H,20,22)(H,18,19,21). The van der Waals surface area contributed by atoms with Crippen molar-refractivity contribution in [2.24, 2.45) is 0 Å². The maximum atomic E-state index is 12.3. The lowest BCUT2D eigenvalue weighted by molar-refractivity contribution is 0.0936. The van der Waals surface area contributed by atoms with E-state index in [-0.39, 0.29) is 23.2 Å². The number of amides is 1. The maximum Gasteiger partial charge on any atom is 0.270 e. The number of carbonyl (C=O) groups excluding carboxylic acids is 1. The second-order valence-corrected chi connectivity index (χ2v) is 8.61. The molecule has 1 aliphatic heterocycles. The van der Waals surface area contributed by atoms with E-state index in [9.17, 15) is 13.2 Å². The Kier molecular flexibility index (Phi) is 4.91. The molecular formula is C16H17ClN4O3S. The number of aryl methyl sites for hydroxylation is 1. The lowest BCUT2D eigenvalue weighted by atomic mass is 10.2. The Morgan fingerprint density at radius 1 is 1.28 bits per heavy atom. The molecule has 1 atom stereocenters. The zero-order valence-corrected chi connectivity index (χ0v) is 15.1. The van der Waals surface area contributed by atoms with E-state index in [4.69, 9.17) is 11.6 Å². The monoisotopic (exact) mass is 380 g/mol. The van der Waals surface area contributed by atoms with Crippen molar-refractivity contribution in [1.29, 1.82) is 0 Å². The summed E-state index contributed by atoms with van der Waals surface area (Å²) in [6.45, 7) is 1.91. The minimum atomic E-state index is -3.05. The third-order valence-corrected chi connectivity index (χ3v) is 5.92. The summed E-state index contributed by atoms with van der Waals surface area (Å²) >= 11 is 5.94. The zero-order valence-electron chi connectivity index (χ0n) is 13.5. The highest BCUT2D eigenvalue weighted by molar-refractivity contribution is 7.91. The maximum absolute atomic E-state index is 12.3. The third kappa shape index (κ3) is 4.46. The Labute approximate surface area is 150 Å². The molecule has 0 bridgehead atoms. The van der Waals surface area contributed by atoms with Gasteiger partial charge in [0.2, 0.25) is 0 Å². The molecule has 25 heavy (non-hydrogen) atoms. The van der Waals surface area contributed by atoms with Gasteiger partial charge in [0.1, 0.15) is 17.8 Å². The molecule has 1 aromatic carbocycles. The van der Waals surface area contributed by atoms with Gasteiger partial charge in [0.05, 0.1) is 11.5 Å². The van der Waals surface area contributed by atoms with Crippen LogP contribution in [0.4, 0.5) is 11.5 Å². The molecule has 1 aromatic heterocycles. The molecule has 1 amide bonds. The van der Waals surface area contributed by atoms with Gasteiger partial charge in [0, 0.05) is 22.8 Å². The molecule has 1 aliphatic rings. The number of hydrogen-bond acceptors (Lipinski definition) is 6. The SMILES string of the molecule is Cc1cc(Cl)ccc1Nc1cc(C(=O)NC2CCS(=O)(=O)C2)ncn1. The van der Waals surface area contributed by atoms with Crippen molar-refractivity contribution in [3.8, 4) is 0 Å². The van der Waals surface area contributed by atoms with Crippen LogP contribution in [0.25, 0.3) is 0 Å². The van der Waals surface area contributed by atoms with Gasteiger partial charge in [-0.1, -0.05) is 11.6 Å². The summed E-state index contributed by atoms with van der Waals surface area (Å²) < 4.78 is 23.0. The third-order valence-electron chi connectivity index (χ3n) is 3.92. The van der Waals surface area contributed by atoms with Crippen molar-refractivity contribution < 1.29 is 13.2 Å². The van der Waals surface area contributed by atoms with Crippen LogP contribution in [0.5, 0.6) is 0 Å². The molecule has 132 valence electrons. The van der Waals surface area contributed by atoms with Gasteiger partial charge in [-0.25, -0.2) is 18.4 Å². The first-order valence-electron chi connectivity index (χ1n) is 7.69. The molecular weight excluding hydrogens is 364 g/mol. The Bertz CT molecular complexity index is 917. The van der Waals surface area contributed by atoms with Gasteiger partial charge in [-0.3, -0.25) is 4.79 Å². The van der Waals surface area contributed by atoms with E-state index in [0.29, 0.717) is 17.3 Å². The van der Waals surface area contributed by atoms with E-state index >= 15 is 0 Å². The van der Waals surface area contributed by atoms with Crippen LogP contribution >= 0.6 is 11.6 Å². The second kappa shape index (κ2) is 6.97. The van der Waals surface area contributed by atoms with Crippen LogP contribution in [0.15, 0.2) is 30.6 Å². The van der Waals surface area contributed by atoms with E-state index in [1.807, 2.05) is 19.1 Å². The highest BCUT2D eigenvalue weighted by Crippen LogP contribution is 2.22. The fraction of sp³-hybridized carbons (Fsp3) is 0.312. The molecule has 2 N–H and O–H groups in total. The predicted octanol–water partition coefficient (Wildman–Crippen LogP) is 2.10. The number of aromatic nitrogens is 2. The Balaban J connectivity index is 1.71. The van der Waals surface area contributed by atoms with Crippen molar-refractivity contribution in [3.05, 3.63) is 46.9 Å². The van der Waals surface area contributed by atoms with Gasteiger partial charge in [-0.15, -0.1) is 0 Å². The van der Waals surface area contributed by atoms with Gasteiger partial charge < -0.3 is 10.6 Å². The minimum Gasteiger partial charge on any atom is -0.347 e. The van der Waals surface area contributed by atoms with E-state index in [0.717, 1.165) is 11.3 Å². The van der Waals surface area contributed by atoms with Gasteiger partial charge in [-0.2, -0.15) is 0 Å². The van der Waals surface area contributed by atoms with Gasteiger partial charge in [0.25, 0.3) is 5.91 Å². The van der Waals surface area contributed by atoms with Crippen LogP contribution < -0.4 is 10.6 Å². The van der Waals surface area contributed by atoms with Crippen LogP contribution in [0.1, 0.15) is 22.5 Å². The van der Waals surface area contributed by atoms with Crippen molar-refractivity contribution in [2.75, 3.05) is 16.8 Å². The fourth-order valence-electron chi connectivity index (χ4n) is 2.62. The van der Waals surface area contributed by atoms with E-state index in [1.165, 1.54) is 12.4 Å². The molecule has 9 heteroatoms. The molecule has 1 fully saturated rings. The number of rotatable bonds is 4. The molecule has 2 aromatic rings. The minimum absolute atomic E-state index is 0.0289. The lowest BCUT2D eigenvalue weighted by Gasteiger charge is -2.12. The summed E-state index contributed by atoms with van der Waals surface area (Å²) in [7, 11) is -3.05. The molecule has 0 spiro atoms. The van der Waals surface area contributed by atoms with E-state index in [1.54, 1.807) is 6.07 Å². The number of nitrogens with one attached hydrogen (secondary N) is 2. The summed E-state index contributed by atoms with van der Waals surface area (Å²) in [5.74, 6) is 0.119. The average Bonchev–Trinajstić information content (AvgIpc) is 2.89. The molecule has 7 nitrogen and oxygen atoms in total. The van der Waals surface area contributed by atoms with E-state index in [2.05, 4.69) is 20.6 Å². The molecule has 3 rings (SSSR count). The number of nitrogens with zero attached hydrogens (tertiary/aromatic N) is 2. The normalized spacial score (nSPS) is 18.7. The molecule has 1 saturated heterocycles. The number of carbonyl (C=O) groups is 1. The Hall–Kier alpha value is -2.19. The van der Waals surface area contributed by atoms with Crippen molar-refractivity contribution in [2.45, 2.75) is 19.4 Å². The highest BCUT2D eigenvalue weighted by atomic mass is 35.5. The quantitative estimate of drug-likeness (QED) is 0.842. The summed E-state index contributed by atoms with van der Waals surface area (Å²) in [6, 6.07) is 6.55. The number of anilines is 2. The summed E-state index contributed by atoms with van der Waals surface area (Å²) in [5.41, 5.74) is 1.93. The Morgan fingerprint density at radius 2 is 2.08 bits per heavy atom. The predicted molar refractivity (Wildman–Crippen MR) is 96.0 cm³/mol.